The molecule has 28 heavy (non-hydrogen) atoms. The first-order valence-corrected chi connectivity index (χ1v) is 10.4. The Labute approximate surface area is 163 Å². The van der Waals surface area contributed by atoms with Gasteiger partial charge in [0.15, 0.2) is 5.82 Å². The Balaban J connectivity index is 1.45. The van der Waals surface area contributed by atoms with Crippen molar-refractivity contribution in [1.82, 2.24) is 14.5 Å². The number of piperazine rings is 1. The predicted octanol–water partition coefficient (Wildman–Crippen LogP) is 2.79. The molecule has 2 heterocycles. The van der Waals surface area contributed by atoms with Crippen molar-refractivity contribution in [3.63, 3.8) is 0 Å². The highest BCUT2D eigenvalue weighted by molar-refractivity contribution is 7.89. The summed E-state index contributed by atoms with van der Waals surface area (Å²) in [6, 6.07) is 19.0. The van der Waals surface area contributed by atoms with E-state index >= 15 is 0 Å². The Morgan fingerprint density at radius 1 is 0.786 bits per heavy atom. The van der Waals surface area contributed by atoms with Gasteiger partial charge in [0.05, 0.1) is 5.69 Å². The Bertz CT molecular complexity index is 1050. The van der Waals surface area contributed by atoms with Gasteiger partial charge >= 0.3 is 0 Å². The lowest BCUT2D eigenvalue weighted by Gasteiger charge is -2.34. The third kappa shape index (κ3) is 3.61. The molecule has 3 aromatic rings. The number of nitrogens with zero attached hydrogens (tertiary/aromatic N) is 4. The zero-order valence-corrected chi connectivity index (χ0v) is 15.9. The molecule has 1 fully saturated rings. The summed E-state index contributed by atoms with van der Waals surface area (Å²) in [4.78, 5) is 1.70. The lowest BCUT2D eigenvalue weighted by atomic mass is 10.1. The topological polar surface area (TPSA) is 66.4 Å². The molecule has 0 radical (unpaired) electrons. The highest BCUT2D eigenvalue weighted by Crippen LogP contribution is 2.23. The largest absolute Gasteiger partial charge is 0.352 e. The number of rotatable bonds is 4. The maximum Gasteiger partial charge on any atom is 0.246 e. The van der Waals surface area contributed by atoms with Gasteiger partial charge in [0.25, 0.3) is 0 Å². The fourth-order valence-electron chi connectivity index (χ4n) is 3.21. The molecule has 8 heteroatoms. The van der Waals surface area contributed by atoms with E-state index in [9.17, 15) is 12.8 Å². The summed E-state index contributed by atoms with van der Waals surface area (Å²) in [7, 11) is -3.85. The highest BCUT2D eigenvalue weighted by Gasteiger charge is 2.30. The molecular formula is C20H19FN4O2S. The number of aromatic nitrogens is 2. The van der Waals surface area contributed by atoms with Crippen molar-refractivity contribution in [3.05, 3.63) is 72.5 Å². The number of sulfonamides is 1. The lowest BCUT2D eigenvalue weighted by Crippen LogP contribution is -2.49. The van der Waals surface area contributed by atoms with Gasteiger partial charge in [-0.05, 0) is 24.3 Å². The summed E-state index contributed by atoms with van der Waals surface area (Å²) in [5, 5.41) is 8.56. The highest BCUT2D eigenvalue weighted by atomic mass is 32.2. The molecule has 0 unspecified atom stereocenters. The number of halogens is 1. The van der Waals surface area contributed by atoms with Gasteiger partial charge in [-0.25, -0.2) is 12.8 Å². The molecule has 4 rings (SSSR count). The van der Waals surface area contributed by atoms with Crippen molar-refractivity contribution < 1.29 is 12.8 Å². The maximum atomic E-state index is 13.9. The molecule has 1 aromatic heterocycles. The smallest absolute Gasteiger partial charge is 0.246 e. The molecule has 0 aliphatic carbocycles. The number of hydrogen-bond donors (Lipinski definition) is 0. The molecule has 2 aromatic carbocycles. The van der Waals surface area contributed by atoms with Crippen LogP contribution in [0.5, 0.6) is 0 Å². The van der Waals surface area contributed by atoms with Crippen LogP contribution in [0, 0.1) is 5.82 Å². The third-order valence-electron chi connectivity index (χ3n) is 4.74. The van der Waals surface area contributed by atoms with Gasteiger partial charge in [0.1, 0.15) is 10.7 Å². The Morgan fingerprint density at radius 2 is 1.46 bits per heavy atom. The van der Waals surface area contributed by atoms with Crippen LogP contribution in [-0.2, 0) is 10.0 Å². The van der Waals surface area contributed by atoms with Crippen LogP contribution < -0.4 is 4.90 Å². The van der Waals surface area contributed by atoms with Crippen molar-refractivity contribution >= 4 is 15.8 Å². The molecule has 0 bridgehead atoms. The summed E-state index contributed by atoms with van der Waals surface area (Å²) in [5.41, 5.74) is 1.77. The average molecular weight is 398 g/mol. The Kier molecular flexibility index (Phi) is 5.06. The fourth-order valence-corrected chi connectivity index (χ4v) is 4.69. The minimum atomic E-state index is -3.85. The normalized spacial score (nSPS) is 15.5. The average Bonchev–Trinajstić information content (AvgIpc) is 2.75. The van der Waals surface area contributed by atoms with Crippen LogP contribution in [0.4, 0.5) is 10.2 Å². The number of benzene rings is 2. The molecule has 0 spiro atoms. The molecule has 0 amide bonds. The van der Waals surface area contributed by atoms with Crippen LogP contribution in [0.3, 0.4) is 0 Å². The van der Waals surface area contributed by atoms with Crippen molar-refractivity contribution in [2.75, 3.05) is 31.1 Å². The first-order chi connectivity index (χ1) is 13.6. The van der Waals surface area contributed by atoms with Crippen molar-refractivity contribution in [3.8, 4) is 11.3 Å². The summed E-state index contributed by atoms with van der Waals surface area (Å²) < 4.78 is 40.6. The quantitative estimate of drug-likeness (QED) is 0.676. The lowest BCUT2D eigenvalue weighted by molar-refractivity contribution is 0.381. The van der Waals surface area contributed by atoms with Crippen LogP contribution >= 0.6 is 0 Å². The van der Waals surface area contributed by atoms with Gasteiger partial charge in [-0.1, -0.05) is 42.5 Å². The van der Waals surface area contributed by atoms with Gasteiger partial charge in [-0.2, -0.15) is 4.31 Å². The summed E-state index contributed by atoms with van der Waals surface area (Å²) in [6.07, 6.45) is 0. The third-order valence-corrected chi connectivity index (χ3v) is 6.67. The van der Waals surface area contributed by atoms with E-state index in [1.807, 2.05) is 47.4 Å². The van der Waals surface area contributed by atoms with E-state index in [1.165, 1.54) is 22.5 Å². The van der Waals surface area contributed by atoms with E-state index in [0.717, 1.165) is 17.3 Å². The minimum absolute atomic E-state index is 0.263. The Hall–Kier alpha value is -2.84. The van der Waals surface area contributed by atoms with Crippen LogP contribution in [-0.4, -0.2) is 49.1 Å². The first kappa shape index (κ1) is 18.5. The zero-order chi connectivity index (χ0) is 19.6. The first-order valence-electron chi connectivity index (χ1n) is 8.94. The van der Waals surface area contributed by atoms with Gasteiger partial charge in [-0.3, -0.25) is 0 Å². The van der Waals surface area contributed by atoms with Gasteiger partial charge in [-0.15, -0.1) is 10.2 Å². The van der Waals surface area contributed by atoms with E-state index in [4.69, 9.17) is 0 Å². The molecule has 0 N–H and O–H groups in total. The molecule has 6 nitrogen and oxygen atoms in total. The van der Waals surface area contributed by atoms with E-state index in [2.05, 4.69) is 10.2 Å². The molecule has 144 valence electrons. The summed E-state index contributed by atoms with van der Waals surface area (Å²) in [5.74, 6) is -0.0325. The standard InChI is InChI=1S/C20H19FN4O2S/c21-17-8-4-5-9-19(17)28(26,27)25-14-12-24(13-15-25)20-11-10-18(22-23-20)16-6-2-1-3-7-16/h1-11H,12-15H2. The predicted molar refractivity (Wildman–Crippen MR) is 105 cm³/mol. The van der Waals surface area contributed by atoms with Gasteiger partial charge in [0, 0.05) is 31.7 Å². The second-order valence-corrected chi connectivity index (χ2v) is 8.37. The molecule has 1 saturated heterocycles. The van der Waals surface area contributed by atoms with Gasteiger partial charge < -0.3 is 4.90 Å². The van der Waals surface area contributed by atoms with E-state index in [-0.39, 0.29) is 18.0 Å². The molecule has 1 aliphatic heterocycles. The fraction of sp³-hybridized carbons (Fsp3) is 0.200. The second-order valence-electron chi connectivity index (χ2n) is 6.46. The summed E-state index contributed by atoms with van der Waals surface area (Å²) >= 11 is 0. The number of anilines is 1. The second kappa shape index (κ2) is 7.65. The molecule has 1 aliphatic rings. The SMILES string of the molecule is O=S(=O)(c1ccccc1F)N1CCN(c2ccc(-c3ccccc3)nn2)CC1. The molecule has 0 atom stereocenters. The molecule has 0 saturated carbocycles. The van der Waals surface area contributed by atoms with Crippen LogP contribution in [0.2, 0.25) is 0 Å². The van der Waals surface area contributed by atoms with Crippen LogP contribution in [0.25, 0.3) is 11.3 Å². The van der Waals surface area contributed by atoms with E-state index < -0.39 is 15.8 Å². The van der Waals surface area contributed by atoms with E-state index in [1.54, 1.807) is 0 Å². The monoisotopic (exact) mass is 398 g/mol. The van der Waals surface area contributed by atoms with E-state index in [0.29, 0.717) is 18.9 Å². The zero-order valence-electron chi connectivity index (χ0n) is 15.1. The van der Waals surface area contributed by atoms with Crippen molar-refractivity contribution in [2.24, 2.45) is 0 Å². The minimum Gasteiger partial charge on any atom is -0.352 e. The van der Waals surface area contributed by atoms with Crippen molar-refractivity contribution in [2.45, 2.75) is 4.90 Å². The maximum absolute atomic E-state index is 13.9. The van der Waals surface area contributed by atoms with Crippen LogP contribution in [0.1, 0.15) is 0 Å². The Morgan fingerprint density at radius 3 is 2.11 bits per heavy atom. The summed E-state index contributed by atoms with van der Waals surface area (Å²) in [6.45, 7) is 1.46. The van der Waals surface area contributed by atoms with Gasteiger partial charge in [0.2, 0.25) is 10.0 Å². The molecular weight excluding hydrogens is 379 g/mol. The van der Waals surface area contributed by atoms with Crippen molar-refractivity contribution in [1.29, 1.82) is 0 Å². The number of hydrogen-bond acceptors (Lipinski definition) is 5. The van der Waals surface area contributed by atoms with Crippen LogP contribution in [0.15, 0.2) is 71.6 Å².